The lowest BCUT2D eigenvalue weighted by molar-refractivity contribution is -0.116. The molecule has 3 nitrogen and oxygen atoms in total. The van der Waals surface area contributed by atoms with Gasteiger partial charge in [-0.15, -0.1) is 0 Å². The zero-order valence-corrected chi connectivity index (χ0v) is 11.8. The lowest BCUT2D eigenvalue weighted by Crippen LogP contribution is -2.18. The minimum absolute atomic E-state index is 0.168. The van der Waals surface area contributed by atoms with Crippen LogP contribution in [0.3, 0.4) is 0 Å². The molecule has 0 radical (unpaired) electrons. The highest BCUT2D eigenvalue weighted by Crippen LogP contribution is 2.20. The number of hydrogen-bond acceptors (Lipinski definition) is 1. The molecule has 1 heterocycles. The van der Waals surface area contributed by atoms with Gasteiger partial charge in [-0.25, -0.2) is 4.39 Å². The zero-order valence-electron chi connectivity index (χ0n) is 11.0. The number of amides is 1. The van der Waals surface area contributed by atoms with Crippen LogP contribution < -0.4 is 5.32 Å². The third kappa shape index (κ3) is 3.06. The molecule has 1 amide bonds. The van der Waals surface area contributed by atoms with Crippen LogP contribution in [-0.4, -0.2) is 10.5 Å². The van der Waals surface area contributed by atoms with Gasteiger partial charge in [-0.3, -0.25) is 4.79 Å². The topological polar surface area (TPSA) is 34.0 Å². The molecule has 3 aromatic rings. The highest BCUT2D eigenvalue weighted by Gasteiger charge is 2.07. The molecule has 0 unspecified atom stereocenters. The smallest absolute Gasteiger partial charge is 0.244 e. The van der Waals surface area contributed by atoms with E-state index in [1.54, 1.807) is 0 Å². The highest BCUT2D eigenvalue weighted by atomic mass is 35.5. The average Bonchev–Trinajstić information content (AvgIpc) is 2.84. The van der Waals surface area contributed by atoms with Gasteiger partial charge in [-0.2, -0.15) is 0 Å². The predicted octanol–water partition coefficient (Wildman–Crippen LogP) is 4.07. The molecular weight excluding hydrogens is 291 g/mol. The number of rotatable bonds is 3. The summed E-state index contributed by atoms with van der Waals surface area (Å²) in [6.07, 6.45) is 1.84. The molecule has 0 fully saturated rings. The summed E-state index contributed by atoms with van der Waals surface area (Å²) in [7, 11) is 0. The molecule has 5 heteroatoms. The predicted molar refractivity (Wildman–Crippen MR) is 82.0 cm³/mol. The van der Waals surface area contributed by atoms with Crippen molar-refractivity contribution >= 4 is 34.1 Å². The molecular formula is C16H12ClFN2O. The largest absolute Gasteiger partial charge is 0.338 e. The number of carbonyl (C=O) groups is 1. The first-order chi connectivity index (χ1) is 10.1. The quantitative estimate of drug-likeness (QED) is 0.777. The summed E-state index contributed by atoms with van der Waals surface area (Å²) < 4.78 is 14.6. The third-order valence-electron chi connectivity index (χ3n) is 3.18. The Morgan fingerprint density at radius 1 is 1.14 bits per heavy atom. The van der Waals surface area contributed by atoms with Gasteiger partial charge in [0.15, 0.2) is 0 Å². The standard InChI is InChI=1S/C16H12ClFN2O/c17-12-2-1-11-7-8-20(15(11)9-12)10-16(21)19-14-5-3-13(18)4-6-14/h1-9H,10H2,(H,19,21). The summed E-state index contributed by atoms with van der Waals surface area (Å²) in [5.41, 5.74) is 1.47. The van der Waals surface area contributed by atoms with Gasteiger partial charge >= 0.3 is 0 Å². The Kier molecular flexibility index (Phi) is 3.62. The molecule has 0 saturated heterocycles. The van der Waals surface area contributed by atoms with Crippen molar-refractivity contribution in [3.8, 4) is 0 Å². The van der Waals surface area contributed by atoms with Crippen molar-refractivity contribution in [3.63, 3.8) is 0 Å². The Balaban J connectivity index is 1.77. The van der Waals surface area contributed by atoms with Gasteiger partial charge < -0.3 is 9.88 Å². The van der Waals surface area contributed by atoms with E-state index in [1.165, 1.54) is 24.3 Å². The van der Waals surface area contributed by atoms with Crippen LogP contribution in [0.4, 0.5) is 10.1 Å². The van der Waals surface area contributed by atoms with Gasteiger partial charge in [0.1, 0.15) is 12.4 Å². The van der Waals surface area contributed by atoms with Crippen LogP contribution in [-0.2, 0) is 11.3 Å². The maximum atomic E-state index is 12.8. The first-order valence-electron chi connectivity index (χ1n) is 6.42. The minimum atomic E-state index is -0.334. The van der Waals surface area contributed by atoms with Crippen LogP contribution >= 0.6 is 11.6 Å². The van der Waals surface area contributed by atoms with Crippen molar-refractivity contribution in [1.82, 2.24) is 4.57 Å². The van der Waals surface area contributed by atoms with E-state index in [9.17, 15) is 9.18 Å². The summed E-state index contributed by atoms with van der Waals surface area (Å²) in [6, 6.07) is 13.1. The van der Waals surface area contributed by atoms with E-state index in [0.29, 0.717) is 10.7 Å². The van der Waals surface area contributed by atoms with Crippen LogP contribution in [0.2, 0.25) is 5.02 Å². The first-order valence-corrected chi connectivity index (χ1v) is 6.79. The van der Waals surface area contributed by atoms with Crippen LogP contribution in [0, 0.1) is 5.82 Å². The number of benzene rings is 2. The zero-order chi connectivity index (χ0) is 14.8. The van der Waals surface area contributed by atoms with Gasteiger partial charge in [0, 0.05) is 22.4 Å². The van der Waals surface area contributed by atoms with E-state index in [-0.39, 0.29) is 18.3 Å². The molecule has 0 aliphatic rings. The number of anilines is 1. The van der Waals surface area contributed by atoms with Gasteiger partial charge in [0.25, 0.3) is 0 Å². The maximum absolute atomic E-state index is 12.8. The molecule has 3 rings (SSSR count). The highest BCUT2D eigenvalue weighted by molar-refractivity contribution is 6.31. The summed E-state index contributed by atoms with van der Waals surface area (Å²) in [5, 5.41) is 4.38. The number of fused-ring (bicyclic) bond motifs is 1. The molecule has 1 aromatic heterocycles. The van der Waals surface area contributed by atoms with E-state index in [2.05, 4.69) is 5.32 Å². The second-order valence-corrected chi connectivity index (χ2v) is 5.14. The van der Waals surface area contributed by atoms with E-state index >= 15 is 0 Å². The van der Waals surface area contributed by atoms with Gasteiger partial charge in [0.05, 0.1) is 0 Å². The molecule has 0 atom stereocenters. The average molecular weight is 303 g/mol. The summed E-state index contributed by atoms with van der Waals surface area (Å²) in [5.74, 6) is -0.516. The molecule has 0 aliphatic heterocycles. The Hall–Kier alpha value is -2.33. The molecule has 2 aromatic carbocycles. The number of aromatic nitrogens is 1. The van der Waals surface area contributed by atoms with Crippen molar-refractivity contribution in [2.45, 2.75) is 6.54 Å². The molecule has 0 aliphatic carbocycles. The van der Waals surface area contributed by atoms with E-state index in [1.807, 2.05) is 35.0 Å². The lowest BCUT2D eigenvalue weighted by atomic mass is 10.2. The van der Waals surface area contributed by atoms with Crippen molar-refractivity contribution in [2.75, 3.05) is 5.32 Å². The maximum Gasteiger partial charge on any atom is 0.244 e. The molecule has 0 bridgehead atoms. The van der Waals surface area contributed by atoms with Gasteiger partial charge in [-0.1, -0.05) is 17.7 Å². The third-order valence-corrected chi connectivity index (χ3v) is 3.41. The van der Waals surface area contributed by atoms with Crippen molar-refractivity contribution in [3.05, 3.63) is 65.6 Å². The fourth-order valence-corrected chi connectivity index (χ4v) is 2.35. The fourth-order valence-electron chi connectivity index (χ4n) is 2.18. The van der Waals surface area contributed by atoms with Crippen LogP contribution in [0.15, 0.2) is 54.7 Å². The van der Waals surface area contributed by atoms with Crippen molar-refractivity contribution in [1.29, 1.82) is 0 Å². The van der Waals surface area contributed by atoms with E-state index in [0.717, 1.165) is 10.9 Å². The number of carbonyl (C=O) groups excluding carboxylic acids is 1. The minimum Gasteiger partial charge on any atom is -0.338 e. The number of nitrogens with one attached hydrogen (secondary N) is 1. The van der Waals surface area contributed by atoms with Crippen LogP contribution in [0.5, 0.6) is 0 Å². The Morgan fingerprint density at radius 2 is 1.90 bits per heavy atom. The van der Waals surface area contributed by atoms with E-state index < -0.39 is 0 Å². The second kappa shape index (κ2) is 5.58. The molecule has 106 valence electrons. The summed E-state index contributed by atoms with van der Waals surface area (Å²) in [4.78, 5) is 12.0. The van der Waals surface area contributed by atoms with Crippen LogP contribution in [0.25, 0.3) is 10.9 Å². The van der Waals surface area contributed by atoms with E-state index in [4.69, 9.17) is 11.6 Å². The first kappa shape index (κ1) is 13.6. The second-order valence-electron chi connectivity index (χ2n) is 4.70. The number of halogens is 2. The lowest BCUT2D eigenvalue weighted by Gasteiger charge is -2.07. The Bertz CT molecular complexity index is 796. The summed E-state index contributed by atoms with van der Waals surface area (Å²) in [6.45, 7) is 0.168. The molecule has 21 heavy (non-hydrogen) atoms. The Labute approximate surface area is 125 Å². The number of nitrogens with zero attached hydrogens (tertiary/aromatic N) is 1. The molecule has 1 N–H and O–H groups in total. The molecule has 0 spiro atoms. The Morgan fingerprint density at radius 3 is 2.67 bits per heavy atom. The van der Waals surface area contributed by atoms with Gasteiger partial charge in [0.2, 0.25) is 5.91 Å². The normalized spacial score (nSPS) is 10.8. The SMILES string of the molecule is O=C(Cn1ccc2ccc(Cl)cc21)Nc1ccc(F)cc1. The van der Waals surface area contributed by atoms with Gasteiger partial charge in [-0.05, 0) is 47.9 Å². The summed E-state index contributed by atoms with van der Waals surface area (Å²) >= 11 is 5.98. The fraction of sp³-hybridized carbons (Fsp3) is 0.0625. The molecule has 0 saturated carbocycles. The number of hydrogen-bond donors (Lipinski definition) is 1. The van der Waals surface area contributed by atoms with Crippen LogP contribution in [0.1, 0.15) is 0 Å². The van der Waals surface area contributed by atoms with Crippen molar-refractivity contribution < 1.29 is 9.18 Å². The monoisotopic (exact) mass is 302 g/mol. The van der Waals surface area contributed by atoms with Crippen molar-refractivity contribution in [2.24, 2.45) is 0 Å².